The zero-order valence-corrected chi connectivity index (χ0v) is 13.9. The topological polar surface area (TPSA) is 53.6 Å². The Morgan fingerprint density at radius 2 is 1.91 bits per heavy atom. The summed E-state index contributed by atoms with van der Waals surface area (Å²) in [6.07, 6.45) is 2.49. The van der Waals surface area contributed by atoms with Crippen LogP contribution in [0.1, 0.15) is 12.8 Å². The van der Waals surface area contributed by atoms with Gasteiger partial charge in [0.2, 0.25) is 0 Å². The van der Waals surface area contributed by atoms with Crippen molar-refractivity contribution in [1.82, 2.24) is 0 Å². The number of amides is 2. The Morgan fingerprint density at radius 1 is 1.17 bits per heavy atom. The second-order valence-corrected chi connectivity index (χ2v) is 6.47. The molecule has 0 aliphatic carbocycles. The maximum absolute atomic E-state index is 11.9. The molecule has 1 fully saturated rings. The van der Waals surface area contributed by atoms with E-state index in [1.165, 1.54) is 17.0 Å². The molecule has 1 aromatic carbocycles. The number of nitrogens with one attached hydrogen (secondary N) is 2. The summed E-state index contributed by atoms with van der Waals surface area (Å²) in [5.74, 6) is 0. The van der Waals surface area contributed by atoms with E-state index in [0.29, 0.717) is 6.10 Å². The van der Waals surface area contributed by atoms with Crippen LogP contribution in [0.4, 0.5) is 21.2 Å². The number of carbonyl (C=O) groups is 1. The van der Waals surface area contributed by atoms with Crippen LogP contribution in [0.3, 0.4) is 0 Å². The van der Waals surface area contributed by atoms with Gasteiger partial charge < -0.3 is 15.0 Å². The molecule has 6 heteroatoms. The lowest BCUT2D eigenvalue weighted by atomic mass is 10.1. The van der Waals surface area contributed by atoms with E-state index >= 15 is 0 Å². The second-order valence-electron chi connectivity index (χ2n) is 5.53. The van der Waals surface area contributed by atoms with Crippen molar-refractivity contribution in [3.05, 3.63) is 41.8 Å². The molecule has 3 rings (SSSR count). The number of piperidine rings is 1. The molecule has 1 aliphatic heterocycles. The molecule has 0 spiro atoms. The van der Waals surface area contributed by atoms with Crippen molar-refractivity contribution in [3.8, 4) is 0 Å². The average molecular weight is 331 g/mol. The van der Waals surface area contributed by atoms with Crippen LogP contribution in [0.5, 0.6) is 0 Å². The number of hydrogen-bond acceptors (Lipinski definition) is 4. The van der Waals surface area contributed by atoms with Gasteiger partial charge in [-0.15, -0.1) is 11.3 Å². The van der Waals surface area contributed by atoms with Crippen molar-refractivity contribution in [1.29, 1.82) is 0 Å². The molecular weight excluding hydrogens is 310 g/mol. The van der Waals surface area contributed by atoms with E-state index in [-0.39, 0.29) is 6.03 Å². The highest BCUT2D eigenvalue weighted by Gasteiger charge is 2.18. The van der Waals surface area contributed by atoms with Crippen LogP contribution in [0.25, 0.3) is 0 Å². The second kappa shape index (κ2) is 7.48. The molecule has 2 aromatic rings. The highest BCUT2D eigenvalue weighted by molar-refractivity contribution is 7.14. The zero-order chi connectivity index (χ0) is 16.1. The lowest BCUT2D eigenvalue weighted by Crippen LogP contribution is -2.36. The minimum absolute atomic E-state index is 0.221. The Labute approximate surface area is 140 Å². The SMILES string of the molecule is COC1CCN(c2ccc(NC(=O)Nc3cccs3)cc2)CC1. The Bertz CT molecular complexity index is 620. The van der Waals surface area contributed by atoms with E-state index in [4.69, 9.17) is 4.74 Å². The normalized spacial score (nSPS) is 15.4. The quantitative estimate of drug-likeness (QED) is 0.890. The van der Waals surface area contributed by atoms with E-state index in [2.05, 4.69) is 15.5 Å². The number of urea groups is 1. The number of nitrogens with zero attached hydrogens (tertiary/aromatic N) is 1. The third-order valence-electron chi connectivity index (χ3n) is 4.02. The molecule has 0 saturated carbocycles. The van der Waals surface area contributed by atoms with Gasteiger partial charge in [-0.3, -0.25) is 5.32 Å². The predicted octanol–water partition coefficient (Wildman–Crippen LogP) is 4.01. The number of methoxy groups -OCH3 is 1. The summed E-state index contributed by atoms with van der Waals surface area (Å²) in [6, 6.07) is 11.5. The number of ether oxygens (including phenoxy) is 1. The van der Waals surface area contributed by atoms with Crippen LogP contribution < -0.4 is 15.5 Å². The molecular formula is C17H21N3O2S. The highest BCUT2D eigenvalue weighted by Crippen LogP contribution is 2.23. The number of thiophene rings is 1. The van der Waals surface area contributed by atoms with E-state index < -0.39 is 0 Å². The molecule has 0 radical (unpaired) electrons. The first-order valence-electron chi connectivity index (χ1n) is 7.74. The first-order valence-corrected chi connectivity index (χ1v) is 8.62. The first-order chi connectivity index (χ1) is 11.2. The van der Waals surface area contributed by atoms with Crippen LogP contribution >= 0.6 is 11.3 Å². The van der Waals surface area contributed by atoms with Crippen LogP contribution in [-0.2, 0) is 4.74 Å². The zero-order valence-electron chi connectivity index (χ0n) is 13.1. The van der Waals surface area contributed by atoms with Crippen molar-refractivity contribution >= 4 is 33.7 Å². The Morgan fingerprint density at radius 3 is 2.52 bits per heavy atom. The van der Waals surface area contributed by atoms with Gasteiger partial charge >= 0.3 is 6.03 Å². The summed E-state index contributed by atoms with van der Waals surface area (Å²) in [6.45, 7) is 2.01. The molecule has 1 saturated heterocycles. The minimum Gasteiger partial charge on any atom is -0.381 e. The number of benzene rings is 1. The molecule has 2 amide bonds. The molecule has 1 aromatic heterocycles. The Kier molecular flexibility index (Phi) is 5.15. The van der Waals surface area contributed by atoms with Crippen LogP contribution in [0.2, 0.25) is 0 Å². The van der Waals surface area contributed by atoms with Gasteiger partial charge in [0.05, 0.1) is 11.1 Å². The standard InChI is InChI=1S/C17H21N3O2S/c1-22-15-8-10-20(11-9-15)14-6-4-13(5-7-14)18-17(21)19-16-3-2-12-23-16/h2-7,12,15H,8-11H2,1H3,(H2,18,19,21). The van der Waals surface area contributed by atoms with Gasteiger partial charge in [-0.05, 0) is 54.6 Å². The molecule has 0 atom stereocenters. The van der Waals surface area contributed by atoms with Gasteiger partial charge in [0, 0.05) is 31.6 Å². The molecule has 2 heterocycles. The third kappa shape index (κ3) is 4.24. The predicted molar refractivity (Wildman–Crippen MR) is 95.6 cm³/mol. The fourth-order valence-electron chi connectivity index (χ4n) is 2.73. The molecule has 122 valence electrons. The maximum Gasteiger partial charge on any atom is 0.324 e. The van der Waals surface area contributed by atoms with Crippen molar-refractivity contribution in [2.24, 2.45) is 0 Å². The van der Waals surface area contributed by atoms with Gasteiger partial charge in [0.25, 0.3) is 0 Å². The fraction of sp³-hybridized carbons (Fsp3) is 0.353. The molecule has 0 unspecified atom stereocenters. The van der Waals surface area contributed by atoms with E-state index in [9.17, 15) is 4.79 Å². The lowest BCUT2D eigenvalue weighted by molar-refractivity contribution is 0.0819. The largest absolute Gasteiger partial charge is 0.381 e. The first kappa shape index (κ1) is 15.8. The van der Waals surface area contributed by atoms with E-state index in [1.807, 2.05) is 41.8 Å². The molecule has 0 bridgehead atoms. The molecule has 1 aliphatic rings. The Hall–Kier alpha value is -2.05. The molecule has 5 nitrogen and oxygen atoms in total. The van der Waals surface area contributed by atoms with Crippen LogP contribution in [-0.4, -0.2) is 32.3 Å². The molecule has 2 N–H and O–H groups in total. The summed E-state index contributed by atoms with van der Waals surface area (Å²) in [5, 5.41) is 8.41. The van der Waals surface area contributed by atoms with Crippen LogP contribution in [0.15, 0.2) is 41.8 Å². The summed E-state index contributed by atoms with van der Waals surface area (Å²) in [4.78, 5) is 14.2. The van der Waals surface area contributed by atoms with Crippen molar-refractivity contribution in [2.75, 3.05) is 35.7 Å². The highest BCUT2D eigenvalue weighted by atomic mass is 32.1. The summed E-state index contributed by atoms with van der Waals surface area (Å²) in [5.41, 5.74) is 1.97. The van der Waals surface area contributed by atoms with E-state index in [1.54, 1.807) is 7.11 Å². The fourth-order valence-corrected chi connectivity index (χ4v) is 3.34. The smallest absolute Gasteiger partial charge is 0.324 e. The number of anilines is 3. The number of rotatable bonds is 4. The Balaban J connectivity index is 1.54. The average Bonchev–Trinajstić information content (AvgIpc) is 3.08. The van der Waals surface area contributed by atoms with Crippen LogP contribution in [0, 0.1) is 0 Å². The van der Waals surface area contributed by atoms with Gasteiger partial charge in [0.1, 0.15) is 0 Å². The van der Waals surface area contributed by atoms with Gasteiger partial charge in [-0.2, -0.15) is 0 Å². The summed E-state index contributed by atoms with van der Waals surface area (Å²) < 4.78 is 5.40. The van der Waals surface area contributed by atoms with Crippen molar-refractivity contribution in [2.45, 2.75) is 18.9 Å². The molecule has 23 heavy (non-hydrogen) atoms. The van der Waals surface area contributed by atoms with Gasteiger partial charge in [0.15, 0.2) is 0 Å². The minimum atomic E-state index is -0.221. The maximum atomic E-state index is 11.9. The summed E-state index contributed by atoms with van der Waals surface area (Å²) in [7, 11) is 1.78. The summed E-state index contributed by atoms with van der Waals surface area (Å²) >= 11 is 1.50. The van der Waals surface area contributed by atoms with Gasteiger partial charge in [-0.1, -0.05) is 0 Å². The lowest BCUT2D eigenvalue weighted by Gasteiger charge is -2.33. The van der Waals surface area contributed by atoms with Crippen molar-refractivity contribution in [3.63, 3.8) is 0 Å². The number of hydrogen-bond donors (Lipinski definition) is 2. The van der Waals surface area contributed by atoms with Gasteiger partial charge in [-0.25, -0.2) is 4.79 Å². The monoisotopic (exact) mass is 331 g/mol. The third-order valence-corrected chi connectivity index (χ3v) is 4.81. The van der Waals surface area contributed by atoms with E-state index in [0.717, 1.165) is 36.6 Å². The van der Waals surface area contributed by atoms with Crippen molar-refractivity contribution < 1.29 is 9.53 Å². The number of carbonyl (C=O) groups excluding carboxylic acids is 1.